The van der Waals surface area contributed by atoms with Crippen LogP contribution in [0.25, 0.3) is 6.08 Å². The highest BCUT2D eigenvalue weighted by Crippen LogP contribution is 2.04. The highest BCUT2D eigenvalue weighted by atomic mass is 14.9. The van der Waals surface area contributed by atoms with Gasteiger partial charge in [0.1, 0.15) is 0 Å². The van der Waals surface area contributed by atoms with E-state index >= 15 is 0 Å². The molecule has 1 aliphatic rings. The Labute approximate surface area is 77.3 Å². The van der Waals surface area contributed by atoms with Crippen LogP contribution in [0.5, 0.6) is 0 Å². The van der Waals surface area contributed by atoms with Gasteiger partial charge in [0.15, 0.2) is 0 Å². The van der Waals surface area contributed by atoms with Crippen molar-refractivity contribution in [1.29, 1.82) is 0 Å². The maximum absolute atomic E-state index is 4.02. The molecule has 0 saturated carbocycles. The zero-order valence-electron chi connectivity index (χ0n) is 7.14. The summed E-state index contributed by atoms with van der Waals surface area (Å²) in [7, 11) is 0. The van der Waals surface area contributed by atoms with Crippen molar-refractivity contribution in [2.24, 2.45) is 4.99 Å². The molecule has 1 aromatic carbocycles. The Morgan fingerprint density at radius 3 is 2.69 bits per heavy atom. The Bertz CT molecular complexity index is 361. The van der Waals surface area contributed by atoms with Crippen molar-refractivity contribution < 1.29 is 0 Å². The van der Waals surface area contributed by atoms with Crippen LogP contribution in [0.15, 0.2) is 53.4 Å². The quantitative estimate of drug-likeness (QED) is 0.686. The molecule has 13 heavy (non-hydrogen) atoms. The van der Waals surface area contributed by atoms with Crippen molar-refractivity contribution in [1.82, 2.24) is 5.32 Å². The van der Waals surface area contributed by atoms with E-state index in [-0.39, 0.29) is 0 Å². The fourth-order valence-corrected chi connectivity index (χ4v) is 1.14. The predicted molar refractivity (Wildman–Crippen MR) is 55.2 cm³/mol. The van der Waals surface area contributed by atoms with Crippen LogP contribution in [0.3, 0.4) is 0 Å². The minimum Gasteiger partial charge on any atom is -0.359 e. The van der Waals surface area contributed by atoms with Gasteiger partial charge in [-0.15, -0.1) is 0 Å². The standard InChI is InChI=1S/C11H10N2/c1-2-4-10(5-3-1)8-11-9-12-6-7-13-11/h1-9,13H/b11-8-. The van der Waals surface area contributed by atoms with Crippen molar-refractivity contribution in [3.05, 3.63) is 54.0 Å². The first-order valence-corrected chi connectivity index (χ1v) is 4.17. The molecule has 2 nitrogen and oxygen atoms in total. The van der Waals surface area contributed by atoms with Gasteiger partial charge < -0.3 is 5.32 Å². The molecule has 2 rings (SSSR count). The monoisotopic (exact) mass is 170 g/mol. The number of allylic oxidation sites excluding steroid dienone is 1. The van der Waals surface area contributed by atoms with Crippen LogP contribution in [0.2, 0.25) is 0 Å². The maximum atomic E-state index is 4.02. The van der Waals surface area contributed by atoms with E-state index in [0.29, 0.717) is 0 Å². The predicted octanol–water partition coefficient (Wildman–Crippen LogP) is 2.17. The van der Waals surface area contributed by atoms with Crippen LogP contribution in [0, 0.1) is 0 Å². The lowest BCUT2D eigenvalue weighted by molar-refractivity contribution is 1.12. The molecule has 0 saturated heterocycles. The first kappa shape index (κ1) is 7.80. The van der Waals surface area contributed by atoms with E-state index < -0.39 is 0 Å². The van der Waals surface area contributed by atoms with E-state index in [0.717, 1.165) is 5.70 Å². The van der Waals surface area contributed by atoms with Crippen LogP contribution >= 0.6 is 0 Å². The van der Waals surface area contributed by atoms with E-state index in [1.165, 1.54) is 5.56 Å². The molecular weight excluding hydrogens is 160 g/mol. The summed E-state index contributed by atoms with van der Waals surface area (Å²) in [5.74, 6) is 0. The highest BCUT2D eigenvalue weighted by Gasteiger charge is 1.93. The first-order chi connectivity index (χ1) is 6.45. The number of hydrogen-bond acceptors (Lipinski definition) is 2. The molecule has 0 spiro atoms. The number of hydrogen-bond donors (Lipinski definition) is 1. The van der Waals surface area contributed by atoms with Crippen molar-refractivity contribution in [3.63, 3.8) is 0 Å². The zero-order chi connectivity index (χ0) is 8.93. The van der Waals surface area contributed by atoms with Crippen molar-refractivity contribution in [2.75, 3.05) is 0 Å². The van der Waals surface area contributed by atoms with Crippen molar-refractivity contribution in [3.8, 4) is 0 Å². The Morgan fingerprint density at radius 1 is 1.15 bits per heavy atom. The Hall–Kier alpha value is -1.83. The molecule has 0 amide bonds. The van der Waals surface area contributed by atoms with E-state index in [1.807, 2.05) is 30.5 Å². The van der Waals surface area contributed by atoms with Crippen molar-refractivity contribution >= 4 is 12.3 Å². The molecule has 1 aliphatic heterocycles. The summed E-state index contributed by atoms with van der Waals surface area (Å²) in [6.07, 6.45) is 7.39. The lowest BCUT2D eigenvalue weighted by atomic mass is 10.2. The van der Waals surface area contributed by atoms with Gasteiger partial charge >= 0.3 is 0 Å². The van der Waals surface area contributed by atoms with Gasteiger partial charge in [0.2, 0.25) is 0 Å². The molecule has 0 bridgehead atoms. The van der Waals surface area contributed by atoms with Gasteiger partial charge in [-0.05, 0) is 11.6 Å². The third-order valence-electron chi connectivity index (χ3n) is 1.75. The molecule has 0 fully saturated rings. The molecular formula is C11H10N2. The summed E-state index contributed by atoms with van der Waals surface area (Å²) in [5.41, 5.74) is 2.18. The van der Waals surface area contributed by atoms with Gasteiger partial charge in [0.05, 0.1) is 11.9 Å². The van der Waals surface area contributed by atoms with Gasteiger partial charge in [0.25, 0.3) is 0 Å². The number of aliphatic imine (C=N–C) groups is 1. The Balaban J connectivity index is 2.21. The normalized spacial score (nSPS) is 17.4. The molecule has 0 unspecified atom stereocenters. The molecule has 64 valence electrons. The maximum Gasteiger partial charge on any atom is 0.0572 e. The highest BCUT2D eigenvalue weighted by molar-refractivity contribution is 5.86. The Kier molecular flexibility index (Phi) is 2.23. The van der Waals surface area contributed by atoms with E-state index in [4.69, 9.17) is 0 Å². The van der Waals surface area contributed by atoms with E-state index in [2.05, 4.69) is 22.4 Å². The number of rotatable bonds is 1. The van der Waals surface area contributed by atoms with Crippen LogP contribution < -0.4 is 5.32 Å². The SMILES string of the molecule is C1=CN/C(=C\c2ccccc2)C=N1. The molecule has 0 aromatic heterocycles. The summed E-state index contributed by atoms with van der Waals surface area (Å²) in [5, 5.41) is 3.10. The van der Waals surface area contributed by atoms with Crippen LogP contribution in [-0.4, -0.2) is 6.21 Å². The zero-order valence-corrected chi connectivity index (χ0v) is 7.14. The second kappa shape index (κ2) is 3.72. The molecule has 0 atom stereocenters. The summed E-state index contributed by atoms with van der Waals surface area (Å²) in [6, 6.07) is 10.1. The smallest absolute Gasteiger partial charge is 0.0572 e. The lowest BCUT2D eigenvalue weighted by Gasteiger charge is -2.03. The van der Waals surface area contributed by atoms with Gasteiger partial charge in [-0.1, -0.05) is 30.3 Å². The van der Waals surface area contributed by atoms with Gasteiger partial charge in [-0.25, -0.2) is 0 Å². The minimum atomic E-state index is 1.01. The lowest BCUT2D eigenvalue weighted by Crippen LogP contribution is -2.08. The summed E-state index contributed by atoms with van der Waals surface area (Å²) in [6.45, 7) is 0. The summed E-state index contributed by atoms with van der Waals surface area (Å²) < 4.78 is 0. The summed E-state index contributed by atoms with van der Waals surface area (Å²) >= 11 is 0. The largest absolute Gasteiger partial charge is 0.359 e. The molecule has 1 aromatic rings. The van der Waals surface area contributed by atoms with Gasteiger partial charge in [-0.3, -0.25) is 4.99 Å². The fraction of sp³-hybridized carbons (Fsp3) is 0. The number of benzene rings is 1. The number of nitrogens with one attached hydrogen (secondary N) is 1. The third-order valence-corrected chi connectivity index (χ3v) is 1.75. The van der Waals surface area contributed by atoms with Crippen LogP contribution in [0.1, 0.15) is 5.56 Å². The topological polar surface area (TPSA) is 24.4 Å². The molecule has 1 heterocycles. The van der Waals surface area contributed by atoms with Crippen LogP contribution in [-0.2, 0) is 0 Å². The minimum absolute atomic E-state index is 1.01. The van der Waals surface area contributed by atoms with E-state index in [1.54, 1.807) is 12.4 Å². The van der Waals surface area contributed by atoms with Gasteiger partial charge in [0, 0.05) is 12.4 Å². The second-order valence-corrected chi connectivity index (χ2v) is 2.75. The average molecular weight is 170 g/mol. The molecule has 0 aliphatic carbocycles. The number of nitrogens with zero attached hydrogens (tertiary/aromatic N) is 1. The molecule has 1 N–H and O–H groups in total. The first-order valence-electron chi connectivity index (χ1n) is 4.17. The second-order valence-electron chi connectivity index (χ2n) is 2.75. The Morgan fingerprint density at radius 2 is 2.00 bits per heavy atom. The van der Waals surface area contributed by atoms with Crippen LogP contribution in [0.4, 0.5) is 0 Å². The fourth-order valence-electron chi connectivity index (χ4n) is 1.14. The summed E-state index contributed by atoms with van der Waals surface area (Å²) in [4.78, 5) is 4.02. The van der Waals surface area contributed by atoms with E-state index in [9.17, 15) is 0 Å². The molecule has 0 radical (unpaired) electrons. The van der Waals surface area contributed by atoms with Crippen molar-refractivity contribution in [2.45, 2.75) is 0 Å². The third kappa shape index (κ3) is 2.06. The van der Waals surface area contributed by atoms with Gasteiger partial charge in [-0.2, -0.15) is 0 Å². The molecule has 2 heteroatoms. The average Bonchev–Trinajstić information content (AvgIpc) is 2.21.